The first-order valence-corrected chi connectivity index (χ1v) is 3.00. The van der Waals surface area contributed by atoms with Crippen LogP contribution in [0.2, 0.25) is 0 Å². The fraction of sp³-hybridized carbons (Fsp3) is 0.800. The normalized spacial score (nSPS) is 21.8. The summed E-state index contributed by atoms with van der Waals surface area (Å²) in [6.45, 7) is 1.59. The van der Waals surface area contributed by atoms with E-state index in [1.54, 1.807) is 0 Å². The Hall–Kier alpha value is -0.610. The van der Waals surface area contributed by atoms with Gasteiger partial charge < -0.3 is 5.73 Å². The van der Waals surface area contributed by atoms with Gasteiger partial charge in [0.25, 0.3) is 5.91 Å². The third kappa shape index (κ3) is 1.65. The van der Waals surface area contributed by atoms with Gasteiger partial charge in [-0.05, 0) is 13.0 Å². The van der Waals surface area contributed by atoms with Gasteiger partial charge in [0.1, 0.15) is 0 Å². The van der Waals surface area contributed by atoms with Crippen molar-refractivity contribution in [1.29, 1.82) is 0 Å². The Bertz CT molecular complexity index is 109. The van der Waals surface area contributed by atoms with Crippen LogP contribution < -0.4 is 16.4 Å². The standard InChI is InChI=1S/C5H10N3O/c6-4(9)5-7-2-1-3-8-5/h5,7H,1-3H2,(H2,6,9). The van der Waals surface area contributed by atoms with E-state index in [1.165, 1.54) is 0 Å². The predicted octanol–water partition coefficient (Wildman–Crippen LogP) is -1.60. The molecule has 1 fully saturated rings. The van der Waals surface area contributed by atoms with Crippen molar-refractivity contribution in [3.05, 3.63) is 0 Å². The molecule has 0 aromatic carbocycles. The Morgan fingerprint density at radius 2 is 2.56 bits per heavy atom. The highest BCUT2D eigenvalue weighted by molar-refractivity contribution is 5.79. The summed E-state index contributed by atoms with van der Waals surface area (Å²) < 4.78 is 0. The predicted molar refractivity (Wildman–Crippen MR) is 32.6 cm³/mol. The van der Waals surface area contributed by atoms with Gasteiger partial charge in [-0.2, -0.15) is 0 Å². The summed E-state index contributed by atoms with van der Waals surface area (Å²) >= 11 is 0. The first-order chi connectivity index (χ1) is 4.30. The van der Waals surface area contributed by atoms with Crippen molar-refractivity contribution in [2.45, 2.75) is 12.6 Å². The SMILES string of the molecule is NC(=O)C1[N]CCCN1. The average molecular weight is 128 g/mol. The van der Waals surface area contributed by atoms with Crippen molar-refractivity contribution in [2.75, 3.05) is 13.1 Å². The van der Waals surface area contributed by atoms with Crippen LogP contribution in [0.25, 0.3) is 0 Å². The molecule has 0 aliphatic carbocycles. The van der Waals surface area contributed by atoms with Crippen LogP contribution in [0.15, 0.2) is 0 Å². The number of primary amides is 1. The first kappa shape index (κ1) is 6.51. The Morgan fingerprint density at radius 3 is 2.89 bits per heavy atom. The van der Waals surface area contributed by atoms with Crippen molar-refractivity contribution >= 4 is 5.91 Å². The Kier molecular flexibility index (Phi) is 2.02. The van der Waals surface area contributed by atoms with E-state index in [0.717, 1.165) is 19.5 Å². The highest BCUT2D eigenvalue weighted by atomic mass is 16.1. The fourth-order valence-corrected chi connectivity index (χ4v) is 0.793. The van der Waals surface area contributed by atoms with E-state index in [4.69, 9.17) is 5.73 Å². The summed E-state index contributed by atoms with van der Waals surface area (Å²) in [5.74, 6) is -0.380. The van der Waals surface area contributed by atoms with Gasteiger partial charge in [0, 0.05) is 6.54 Å². The van der Waals surface area contributed by atoms with Crippen molar-refractivity contribution < 1.29 is 4.79 Å². The van der Waals surface area contributed by atoms with E-state index >= 15 is 0 Å². The average Bonchev–Trinajstić information content (AvgIpc) is 1.90. The second-order valence-electron chi connectivity index (χ2n) is 2.02. The lowest BCUT2D eigenvalue weighted by atomic mass is 10.3. The smallest absolute Gasteiger partial charge is 0.250 e. The number of carbonyl (C=O) groups excluding carboxylic acids is 1. The molecule has 0 aromatic rings. The van der Waals surface area contributed by atoms with E-state index in [-0.39, 0.29) is 5.91 Å². The first-order valence-electron chi connectivity index (χ1n) is 3.00. The minimum Gasteiger partial charge on any atom is -0.367 e. The minimum atomic E-state index is -0.432. The monoisotopic (exact) mass is 128 g/mol. The molecule has 4 heteroatoms. The van der Waals surface area contributed by atoms with Gasteiger partial charge in [0.15, 0.2) is 6.17 Å². The maximum absolute atomic E-state index is 10.4. The molecule has 1 amide bonds. The number of hydrogen-bond acceptors (Lipinski definition) is 2. The molecule has 1 aliphatic heterocycles. The zero-order valence-corrected chi connectivity index (χ0v) is 5.13. The van der Waals surface area contributed by atoms with Crippen LogP contribution in [-0.2, 0) is 4.79 Å². The molecule has 0 spiro atoms. The van der Waals surface area contributed by atoms with Crippen LogP contribution in [-0.4, -0.2) is 25.2 Å². The van der Waals surface area contributed by atoms with Crippen LogP contribution in [0, 0.1) is 0 Å². The zero-order valence-electron chi connectivity index (χ0n) is 5.13. The minimum absolute atomic E-state index is 0.380. The number of carbonyl (C=O) groups is 1. The number of nitrogens with two attached hydrogens (primary N) is 1. The van der Waals surface area contributed by atoms with Gasteiger partial charge >= 0.3 is 0 Å². The topological polar surface area (TPSA) is 69.2 Å². The lowest BCUT2D eigenvalue weighted by Gasteiger charge is -2.19. The third-order valence-electron chi connectivity index (χ3n) is 1.25. The molecule has 4 nitrogen and oxygen atoms in total. The van der Waals surface area contributed by atoms with Crippen LogP contribution >= 0.6 is 0 Å². The van der Waals surface area contributed by atoms with E-state index in [9.17, 15) is 4.79 Å². The van der Waals surface area contributed by atoms with Gasteiger partial charge in [-0.15, -0.1) is 0 Å². The van der Waals surface area contributed by atoms with E-state index in [1.807, 2.05) is 0 Å². The number of amides is 1. The highest BCUT2D eigenvalue weighted by Gasteiger charge is 2.17. The fourth-order valence-electron chi connectivity index (χ4n) is 0.793. The summed E-state index contributed by atoms with van der Waals surface area (Å²) in [5.41, 5.74) is 4.97. The molecule has 1 unspecified atom stereocenters. The number of nitrogens with zero attached hydrogens (tertiary/aromatic N) is 1. The van der Waals surface area contributed by atoms with E-state index in [2.05, 4.69) is 10.6 Å². The number of rotatable bonds is 1. The molecule has 1 aliphatic rings. The molecule has 1 radical (unpaired) electrons. The molecule has 0 bridgehead atoms. The number of hydrogen-bond donors (Lipinski definition) is 2. The Morgan fingerprint density at radius 1 is 1.78 bits per heavy atom. The molecule has 1 rings (SSSR count). The molecule has 9 heavy (non-hydrogen) atoms. The molecule has 1 heterocycles. The van der Waals surface area contributed by atoms with E-state index in [0.29, 0.717) is 0 Å². The van der Waals surface area contributed by atoms with Crippen molar-refractivity contribution in [3.63, 3.8) is 0 Å². The number of nitrogens with one attached hydrogen (secondary N) is 1. The molecule has 0 saturated carbocycles. The Balaban J connectivity index is 2.31. The van der Waals surface area contributed by atoms with Crippen molar-refractivity contribution in [1.82, 2.24) is 10.6 Å². The molecule has 1 atom stereocenters. The highest BCUT2D eigenvalue weighted by Crippen LogP contribution is 1.88. The molecule has 0 aromatic heterocycles. The maximum atomic E-state index is 10.4. The lowest BCUT2D eigenvalue weighted by Crippen LogP contribution is -2.51. The summed E-state index contributed by atoms with van der Waals surface area (Å²) in [5, 5.41) is 6.82. The summed E-state index contributed by atoms with van der Waals surface area (Å²) in [6, 6.07) is 0. The van der Waals surface area contributed by atoms with Gasteiger partial charge in [-0.25, -0.2) is 5.32 Å². The molecule has 51 valence electrons. The molecular weight excluding hydrogens is 118 g/mol. The van der Waals surface area contributed by atoms with Crippen LogP contribution in [0.4, 0.5) is 0 Å². The quantitative estimate of drug-likeness (QED) is 0.446. The van der Waals surface area contributed by atoms with Crippen LogP contribution in [0.1, 0.15) is 6.42 Å². The third-order valence-corrected chi connectivity index (χ3v) is 1.25. The van der Waals surface area contributed by atoms with Gasteiger partial charge in [0.05, 0.1) is 0 Å². The summed E-state index contributed by atoms with van der Waals surface area (Å²) in [7, 11) is 0. The largest absolute Gasteiger partial charge is 0.367 e. The second-order valence-corrected chi connectivity index (χ2v) is 2.02. The van der Waals surface area contributed by atoms with Crippen molar-refractivity contribution in [2.24, 2.45) is 5.73 Å². The Labute approximate surface area is 53.8 Å². The molecule has 1 saturated heterocycles. The van der Waals surface area contributed by atoms with Crippen molar-refractivity contribution in [3.8, 4) is 0 Å². The van der Waals surface area contributed by atoms with Crippen LogP contribution in [0.5, 0.6) is 0 Å². The van der Waals surface area contributed by atoms with Gasteiger partial charge in [0.2, 0.25) is 0 Å². The molecule has 3 N–H and O–H groups in total. The molecular formula is C5H10N3O. The lowest BCUT2D eigenvalue weighted by molar-refractivity contribution is -0.121. The summed E-state index contributed by atoms with van der Waals surface area (Å²) in [4.78, 5) is 10.4. The van der Waals surface area contributed by atoms with E-state index < -0.39 is 6.17 Å². The van der Waals surface area contributed by atoms with Gasteiger partial charge in [-0.1, -0.05) is 0 Å². The maximum Gasteiger partial charge on any atom is 0.250 e. The zero-order chi connectivity index (χ0) is 6.69. The summed E-state index contributed by atoms with van der Waals surface area (Å²) in [6.07, 6.45) is 0.572. The van der Waals surface area contributed by atoms with Gasteiger partial charge in [-0.3, -0.25) is 10.1 Å². The second kappa shape index (κ2) is 2.80. The van der Waals surface area contributed by atoms with Crippen LogP contribution in [0.3, 0.4) is 0 Å².